The second-order valence-corrected chi connectivity index (χ2v) is 3.73. The minimum Gasteiger partial charge on any atom is -0.303 e. The zero-order valence-electron chi connectivity index (χ0n) is 7.49. The van der Waals surface area contributed by atoms with Crippen molar-refractivity contribution in [2.24, 2.45) is 0 Å². The van der Waals surface area contributed by atoms with Crippen LogP contribution in [0.3, 0.4) is 0 Å². The predicted octanol–water partition coefficient (Wildman–Crippen LogP) is 1.35. The van der Waals surface area contributed by atoms with Crippen LogP contribution in [0.5, 0.6) is 0 Å². The molecule has 0 bridgehead atoms. The number of rotatable bonds is 2. The van der Waals surface area contributed by atoms with Crippen LogP contribution in [0.25, 0.3) is 0 Å². The van der Waals surface area contributed by atoms with E-state index in [1.54, 1.807) is 6.92 Å². The molecular formula is C8H17NO. The molecule has 0 aromatic heterocycles. The second-order valence-electron chi connectivity index (χ2n) is 3.73. The largest absolute Gasteiger partial charge is 0.303 e. The summed E-state index contributed by atoms with van der Waals surface area (Å²) in [4.78, 5) is 10.8. The van der Waals surface area contributed by atoms with Gasteiger partial charge in [0.05, 0.1) is 6.04 Å². The fourth-order valence-electron chi connectivity index (χ4n) is 0.751. The van der Waals surface area contributed by atoms with E-state index in [4.69, 9.17) is 0 Å². The summed E-state index contributed by atoms with van der Waals surface area (Å²) in [5, 5.41) is 3.17. The van der Waals surface area contributed by atoms with Crippen LogP contribution in [-0.2, 0) is 4.79 Å². The number of ketones is 1. The Morgan fingerprint density at radius 2 is 1.80 bits per heavy atom. The van der Waals surface area contributed by atoms with Gasteiger partial charge in [0.2, 0.25) is 0 Å². The van der Waals surface area contributed by atoms with Crippen LogP contribution in [0.2, 0.25) is 0 Å². The average Bonchev–Trinajstić information content (AvgIpc) is 1.60. The van der Waals surface area contributed by atoms with E-state index in [1.807, 2.05) is 27.7 Å². The molecule has 0 saturated heterocycles. The first-order valence-electron chi connectivity index (χ1n) is 3.61. The third kappa shape index (κ3) is 4.50. The van der Waals surface area contributed by atoms with Crippen molar-refractivity contribution in [2.45, 2.75) is 46.2 Å². The number of Topliss-reactive ketones (excluding diaryl/α,β-unsaturated/α-hetero) is 1. The van der Waals surface area contributed by atoms with E-state index in [2.05, 4.69) is 5.32 Å². The number of hydrogen-bond donors (Lipinski definition) is 1. The summed E-state index contributed by atoms with van der Waals surface area (Å²) in [5.74, 6) is 0.190. The maximum atomic E-state index is 10.8. The molecule has 0 fully saturated rings. The monoisotopic (exact) mass is 143 g/mol. The molecule has 0 amide bonds. The molecule has 60 valence electrons. The second kappa shape index (κ2) is 3.15. The fourth-order valence-corrected chi connectivity index (χ4v) is 0.751. The molecule has 0 saturated carbocycles. The van der Waals surface area contributed by atoms with Gasteiger partial charge in [-0.05, 0) is 34.6 Å². The van der Waals surface area contributed by atoms with Gasteiger partial charge in [0.1, 0.15) is 5.78 Å². The van der Waals surface area contributed by atoms with Crippen molar-refractivity contribution < 1.29 is 4.79 Å². The average molecular weight is 143 g/mol. The van der Waals surface area contributed by atoms with Gasteiger partial charge >= 0.3 is 0 Å². The molecule has 0 aromatic rings. The van der Waals surface area contributed by atoms with Crippen LogP contribution < -0.4 is 5.32 Å². The summed E-state index contributed by atoms with van der Waals surface area (Å²) in [7, 11) is 0. The maximum Gasteiger partial charge on any atom is 0.146 e. The Kier molecular flexibility index (Phi) is 3.03. The van der Waals surface area contributed by atoms with E-state index in [1.165, 1.54) is 0 Å². The van der Waals surface area contributed by atoms with E-state index in [-0.39, 0.29) is 17.4 Å². The third-order valence-corrected chi connectivity index (χ3v) is 1.26. The van der Waals surface area contributed by atoms with Crippen LogP contribution in [0, 0.1) is 0 Å². The molecule has 2 heteroatoms. The Labute approximate surface area is 63.0 Å². The Morgan fingerprint density at radius 1 is 1.40 bits per heavy atom. The van der Waals surface area contributed by atoms with E-state index in [9.17, 15) is 4.79 Å². The molecule has 0 radical (unpaired) electrons. The highest BCUT2D eigenvalue weighted by Gasteiger charge is 2.15. The standard InChI is InChI=1S/C8H17NO/c1-6(7(2)10)9-8(3,4)5/h6,9H,1-5H3. The number of hydrogen-bond acceptors (Lipinski definition) is 2. The highest BCUT2D eigenvalue weighted by atomic mass is 16.1. The van der Waals surface area contributed by atoms with Crippen molar-refractivity contribution in [2.75, 3.05) is 0 Å². The van der Waals surface area contributed by atoms with Crippen molar-refractivity contribution in [3.8, 4) is 0 Å². The van der Waals surface area contributed by atoms with Crippen LogP contribution in [0.15, 0.2) is 0 Å². The Balaban J connectivity index is 3.80. The van der Waals surface area contributed by atoms with Gasteiger partial charge in [0.15, 0.2) is 0 Å². The maximum absolute atomic E-state index is 10.8. The zero-order chi connectivity index (χ0) is 8.36. The van der Waals surface area contributed by atoms with Crippen molar-refractivity contribution in [1.29, 1.82) is 0 Å². The lowest BCUT2D eigenvalue weighted by molar-refractivity contribution is -0.119. The van der Waals surface area contributed by atoms with Gasteiger partial charge in [-0.15, -0.1) is 0 Å². The lowest BCUT2D eigenvalue weighted by Gasteiger charge is -2.24. The molecule has 0 aliphatic rings. The SMILES string of the molecule is CC(=O)C(C)NC(C)(C)C. The quantitative estimate of drug-likeness (QED) is 0.632. The summed E-state index contributed by atoms with van der Waals surface area (Å²) >= 11 is 0. The molecule has 1 N–H and O–H groups in total. The molecule has 1 atom stereocenters. The zero-order valence-corrected chi connectivity index (χ0v) is 7.49. The molecular weight excluding hydrogens is 126 g/mol. The summed E-state index contributed by atoms with van der Waals surface area (Å²) in [6, 6.07) is -0.0278. The topological polar surface area (TPSA) is 29.1 Å². The summed E-state index contributed by atoms with van der Waals surface area (Å²) in [5.41, 5.74) is 0.0328. The summed E-state index contributed by atoms with van der Waals surface area (Å²) in [6.07, 6.45) is 0. The van der Waals surface area contributed by atoms with Gasteiger partial charge in [-0.3, -0.25) is 4.79 Å². The van der Waals surface area contributed by atoms with Gasteiger partial charge in [-0.25, -0.2) is 0 Å². The van der Waals surface area contributed by atoms with E-state index in [0.29, 0.717) is 0 Å². The first-order valence-corrected chi connectivity index (χ1v) is 3.61. The van der Waals surface area contributed by atoms with E-state index in [0.717, 1.165) is 0 Å². The molecule has 0 heterocycles. The van der Waals surface area contributed by atoms with Gasteiger partial charge in [-0.1, -0.05) is 0 Å². The highest BCUT2D eigenvalue weighted by molar-refractivity contribution is 5.80. The first kappa shape index (κ1) is 9.63. The first-order chi connectivity index (χ1) is 4.33. The normalized spacial score (nSPS) is 14.9. The molecule has 0 spiro atoms. The van der Waals surface area contributed by atoms with Crippen molar-refractivity contribution in [1.82, 2.24) is 5.32 Å². The molecule has 0 aliphatic carbocycles. The van der Waals surface area contributed by atoms with Crippen molar-refractivity contribution >= 4 is 5.78 Å². The van der Waals surface area contributed by atoms with Crippen LogP contribution in [0.4, 0.5) is 0 Å². The molecule has 0 aromatic carbocycles. The molecule has 0 rings (SSSR count). The summed E-state index contributed by atoms with van der Waals surface area (Å²) < 4.78 is 0. The minimum atomic E-state index is -0.0278. The molecule has 1 unspecified atom stereocenters. The number of nitrogens with one attached hydrogen (secondary N) is 1. The van der Waals surface area contributed by atoms with Gasteiger partial charge in [-0.2, -0.15) is 0 Å². The lowest BCUT2D eigenvalue weighted by atomic mass is 10.1. The van der Waals surface area contributed by atoms with Gasteiger partial charge < -0.3 is 5.32 Å². The lowest BCUT2D eigenvalue weighted by Crippen LogP contribution is -2.45. The van der Waals surface area contributed by atoms with Crippen LogP contribution >= 0.6 is 0 Å². The molecule has 2 nitrogen and oxygen atoms in total. The minimum absolute atomic E-state index is 0.0278. The van der Waals surface area contributed by atoms with Crippen molar-refractivity contribution in [3.05, 3.63) is 0 Å². The Hall–Kier alpha value is -0.370. The Morgan fingerprint density at radius 3 is 1.90 bits per heavy atom. The van der Waals surface area contributed by atoms with Gasteiger partial charge in [0.25, 0.3) is 0 Å². The van der Waals surface area contributed by atoms with E-state index < -0.39 is 0 Å². The molecule has 0 aliphatic heterocycles. The number of carbonyl (C=O) groups excluding carboxylic acids is 1. The van der Waals surface area contributed by atoms with E-state index >= 15 is 0 Å². The summed E-state index contributed by atoms with van der Waals surface area (Å²) in [6.45, 7) is 9.63. The van der Waals surface area contributed by atoms with Crippen molar-refractivity contribution in [3.63, 3.8) is 0 Å². The smallest absolute Gasteiger partial charge is 0.146 e. The van der Waals surface area contributed by atoms with Gasteiger partial charge in [0, 0.05) is 5.54 Å². The highest BCUT2D eigenvalue weighted by Crippen LogP contribution is 2.00. The molecule has 10 heavy (non-hydrogen) atoms. The van der Waals surface area contributed by atoms with Crippen LogP contribution in [0.1, 0.15) is 34.6 Å². The fraction of sp³-hybridized carbons (Fsp3) is 0.875. The predicted molar refractivity (Wildman–Crippen MR) is 43.0 cm³/mol. The van der Waals surface area contributed by atoms with Crippen LogP contribution in [-0.4, -0.2) is 17.4 Å². The Bertz CT molecular complexity index is 124. The number of carbonyl (C=O) groups is 1. The third-order valence-electron chi connectivity index (χ3n) is 1.26.